The summed E-state index contributed by atoms with van der Waals surface area (Å²) >= 11 is 1.43. The van der Waals surface area contributed by atoms with Gasteiger partial charge in [-0.3, -0.25) is 0 Å². The molecule has 0 radical (unpaired) electrons. The van der Waals surface area contributed by atoms with Gasteiger partial charge in [0.2, 0.25) is 0 Å². The van der Waals surface area contributed by atoms with E-state index in [0.717, 1.165) is 12.2 Å². The van der Waals surface area contributed by atoms with Gasteiger partial charge in [-0.15, -0.1) is 11.3 Å². The SMILES string of the molecule is CCNC(C)c1csc(N2CCCC(C(F)(F)F)C2)n1. The fourth-order valence-electron chi connectivity index (χ4n) is 2.45. The Morgan fingerprint density at radius 2 is 2.30 bits per heavy atom. The molecule has 1 N–H and O–H groups in total. The maximum absolute atomic E-state index is 12.8. The van der Waals surface area contributed by atoms with E-state index < -0.39 is 12.1 Å². The normalized spacial score (nSPS) is 22.1. The van der Waals surface area contributed by atoms with Gasteiger partial charge < -0.3 is 10.2 Å². The predicted octanol–water partition coefficient (Wildman–Crippen LogP) is 3.59. The molecule has 0 aromatic carbocycles. The molecule has 1 aromatic heterocycles. The molecule has 0 spiro atoms. The van der Waals surface area contributed by atoms with Gasteiger partial charge in [-0.1, -0.05) is 6.92 Å². The highest BCUT2D eigenvalue weighted by atomic mass is 32.1. The minimum atomic E-state index is -4.10. The fourth-order valence-corrected chi connectivity index (χ4v) is 3.41. The molecule has 0 aliphatic carbocycles. The number of nitrogens with one attached hydrogen (secondary N) is 1. The Morgan fingerprint density at radius 3 is 2.95 bits per heavy atom. The summed E-state index contributed by atoms with van der Waals surface area (Å²) in [6.07, 6.45) is -3.30. The van der Waals surface area contributed by atoms with Gasteiger partial charge in [0.1, 0.15) is 0 Å². The van der Waals surface area contributed by atoms with Gasteiger partial charge in [-0.05, 0) is 26.3 Å². The third-order valence-electron chi connectivity index (χ3n) is 3.62. The maximum atomic E-state index is 12.8. The number of thiazole rings is 1. The number of alkyl halides is 3. The average Bonchev–Trinajstić information content (AvgIpc) is 2.88. The molecule has 1 fully saturated rings. The summed E-state index contributed by atoms with van der Waals surface area (Å²) < 4.78 is 38.4. The first-order chi connectivity index (χ1) is 9.41. The summed E-state index contributed by atoms with van der Waals surface area (Å²) in [6.45, 7) is 5.56. The summed E-state index contributed by atoms with van der Waals surface area (Å²) in [7, 11) is 0. The molecule has 114 valence electrons. The molecular formula is C13H20F3N3S. The number of hydrogen-bond donors (Lipinski definition) is 1. The maximum Gasteiger partial charge on any atom is 0.393 e. The molecule has 20 heavy (non-hydrogen) atoms. The van der Waals surface area contributed by atoms with Crippen LogP contribution in [0, 0.1) is 5.92 Å². The molecule has 7 heteroatoms. The number of anilines is 1. The van der Waals surface area contributed by atoms with Crippen LogP contribution in [0.5, 0.6) is 0 Å². The number of halogens is 3. The molecule has 3 nitrogen and oxygen atoms in total. The van der Waals surface area contributed by atoms with Crippen molar-refractivity contribution < 1.29 is 13.2 Å². The molecule has 0 saturated carbocycles. The van der Waals surface area contributed by atoms with Crippen molar-refractivity contribution in [3.63, 3.8) is 0 Å². The third-order valence-corrected chi connectivity index (χ3v) is 4.54. The van der Waals surface area contributed by atoms with Crippen molar-refractivity contribution in [1.29, 1.82) is 0 Å². The van der Waals surface area contributed by atoms with Gasteiger partial charge in [0, 0.05) is 24.5 Å². The van der Waals surface area contributed by atoms with Gasteiger partial charge in [-0.2, -0.15) is 13.2 Å². The monoisotopic (exact) mass is 307 g/mol. The van der Waals surface area contributed by atoms with Gasteiger partial charge in [0.05, 0.1) is 11.6 Å². The summed E-state index contributed by atoms with van der Waals surface area (Å²) in [5, 5.41) is 5.89. The second kappa shape index (κ2) is 6.30. The lowest BCUT2D eigenvalue weighted by molar-refractivity contribution is -0.175. The van der Waals surface area contributed by atoms with Crippen LogP contribution in [0.3, 0.4) is 0 Å². The van der Waals surface area contributed by atoms with Crippen molar-refractivity contribution in [2.45, 2.75) is 38.9 Å². The minimum absolute atomic E-state index is 0.0338. The van der Waals surface area contributed by atoms with Gasteiger partial charge >= 0.3 is 6.18 Å². The summed E-state index contributed by atoms with van der Waals surface area (Å²) in [5.41, 5.74) is 0.904. The number of hydrogen-bond acceptors (Lipinski definition) is 4. The first-order valence-corrected chi connectivity index (χ1v) is 7.80. The van der Waals surface area contributed by atoms with E-state index in [-0.39, 0.29) is 19.0 Å². The summed E-state index contributed by atoms with van der Waals surface area (Å²) in [6, 6.07) is 0.133. The van der Waals surface area contributed by atoms with E-state index >= 15 is 0 Å². The second-order valence-corrected chi connectivity index (χ2v) is 6.00. The Kier molecular flexibility index (Phi) is 4.90. The van der Waals surface area contributed by atoms with Crippen LogP contribution in [0.2, 0.25) is 0 Å². The molecule has 1 aromatic rings. The molecule has 1 saturated heterocycles. The van der Waals surface area contributed by atoms with Gasteiger partial charge in [0.15, 0.2) is 5.13 Å². The highest BCUT2D eigenvalue weighted by Gasteiger charge is 2.42. The zero-order chi connectivity index (χ0) is 14.8. The molecule has 2 unspecified atom stereocenters. The Bertz CT molecular complexity index is 433. The van der Waals surface area contributed by atoms with Crippen LogP contribution in [0.25, 0.3) is 0 Å². The quantitative estimate of drug-likeness (QED) is 0.921. The van der Waals surface area contributed by atoms with Crippen LogP contribution in [0.1, 0.15) is 38.4 Å². The molecule has 2 atom stereocenters. The Morgan fingerprint density at radius 1 is 1.55 bits per heavy atom. The first-order valence-electron chi connectivity index (χ1n) is 6.92. The van der Waals surface area contributed by atoms with E-state index in [0.29, 0.717) is 18.1 Å². The lowest BCUT2D eigenvalue weighted by Crippen LogP contribution is -2.41. The van der Waals surface area contributed by atoms with E-state index in [1.807, 2.05) is 19.2 Å². The van der Waals surface area contributed by atoms with Crippen LogP contribution in [-0.2, 0) is 0 Å². The standard InChI is InChI=1S/C13H20F3N3S/c1-3-17-9(2)11-8-20-12(18-11)19-6-4-5-10(7-19)13(14,15)16/h8-10,17H,3-7H2,1-2H3. The molecule has 2 heterocycles. The van der Waals surface area contributed by atoms with Crippen LogP contribution < -0.4 is 10.2 Å². The Hall–Kier alpha value is -0.820. The first kappa shape index (κ1) is 15.6. The second-order valence-electron chi connectivity index (χ2n) is 5.16. The molecular weight excluding hydrogens is 287 g/mol. The number of nitrogens with zero attached hydrogens (tertiary/aromatic N) is 2. The summed E-state index contributed by atoms with van der Waals surface area (Å²) in [4.78, 5) is 6.26. The van der Waals surface area contributed by atoms with Crippen LogP contribution in [-0.4, -0.2) is 30.8 Å². The van der Waals surface area contributed by atoms with Crippen LogP contribution >= 0.6 is 11.3 Å². The van der Waals surface area contributed by atoms with E-state index in [4.69, 9.17) is 0 Å². The van der Waals surface area contributed by atoms with Crippen molar-refractivity contribution in [1.82, 2.24) is 10.3 Å². The summed E-state index contributed by atoms with van der Waals surface area (Å²) in [5.74, 6) is -1.23. The Labute approximate surface area is 121 Å². The highest BCUT2D eigenvalue weighted by molar-refractivity contribution is 7.13. The van der Waals surface area contributed by atoms with Gasteiger partial charge in [-0.25, -0.2) is 4.98 Å². The molecule has 0 bridgehead atoms. The zero-order valence-electron chi connectivity index (χ0n) is 11.7. The van der Waals surface area contributed by atoms with Crippen molar-refractivity contribution in [2.75, 3.05) is 24.5 Å². The average molecular weight is 307 g/mol. The number of aromatic nitrogens is 1. The van der Waals surface area contributed by atoms with E-state index in [1.165, 1.54) is 11.3 Å². The van der Waals surface area contributed by atoms with Crippen molar-refractivity contribution in [3.05, 3.63) is 11.1 Å². The van der Waals surface area contributed by atoms with Crippen molar-refractivity contribution in [3.8, 4) is 0 Å². The zero-order valence-corrected chi connectivity index (χ0v) is 12.5. The van der Waals surface area contributed by atoms with E-state index in [1.54, 1.807) is 4.90 Å². The van der Waals surface area contributed by atoms with E-state index in [2.05, 4.69) is 10.3 Å². The van der Waals surface area contributed by atoms with Crippen LogP contribution in [0.15, 0.2) is 5.38 Å². The van der Waals surface area contributed by atoms with Gasteiger partial charge in [0.25, 0.3) is 0 Å². The molecule has 2 rings (SSSR count). The number of piperidine rings is 1. The Balaban J connectivity index is 2.04. The lowest BCUT2D eigenvalue weighted by atomic mass is 9.98. The molecule has 1 aliphatic rings. The smallest absolute Gasteiger partial charge is 0.347 e. The topological polar surface area (TPSA) is 28.2 Å². The third kappa shape index (κ3) is 3.63. The van der Waals surface area contributed by atoms with Crippen LogP contribution in [0.4, 0.5) is 18.3 Å². The largest absolute Gasteiger partial charge is 0.393 e. The van der Waals surface area contributed by atoms with E-state index in [9.17, 15) is 13.2 Å². The number of rotatable bonds is 4. The lowest BCUT2D eigenvalue weighted by Gasteiger charge is -2.33. The fraction of sp³-hybridized carbons (Fsp3) is 0.769. The van der Waals surface area contributed by atoms with Crippen molar-refractivity contribution >= 4 is 16.5 Å². The minimum Gasteiger partial charge on any atom is -0.347 e. The predicted molar refractivity (Wildman–Crippen MR) is 75.2 cm³/mol. The van der Waals surface area contributed by atoms with Crippen molar-refractivity contribution in [2.24, 2.45) is 5.92 Å². The highest BCUT2D eigenvalue weighted by Crippen LogP contribution is 2.35. The molecule has 0 amide bonds. The molecule has 1 aliphatic heterocycles.